The number of benzene rings is 2. The van der Waals surface area contributed by atoms with Gasteiger partial charge in [-0.25, -0.2) is 4.79 Å². The average Bonchev–Trinajstić information content (AvgIpc) is 2.97. The second-order valence-corrected chi connectivity index (χ2v) is 7.63. The maximum Gasteiger partial charge on any atom is 0.325 e. The number of rotatable bonds is 5. The first-order valence-electron chi connectivity index (χ1n) is 10.1. The summed E-state index contributed by atoms with van der Waals surface area (Å²) in [5.41, 5.74) is 1.91. The minimum atomic E-state index is -1.04. The molecule has 1 saturated heterocycles. The fraction of sp³-hybridized carbons (Fsp3) is 0.348. The van der Waals surface area contributed by atoms with Crippen LogP contribution in [0.1, 0.15) is 36.5 Å². The number of imide groups is 1. The second-order valence-electron chi connectivity index (χ2n) is 7.63. The molecule has 0 bridgehead atoms. The number of fused-ring (bicyclic) bond motifs is 2. The summed E-state index contributed by atoms with van der Waals surface area (Å²) in [7, 11) is 0. The van der Waals surface area contributed by atoms with Gasteiger partial charge in [0.15, 0.2) is 0 Å². The highest BCUT2D eigenvalue weighted by molar-refractivity contribution is 6.09. The van der Waals surface area contributed by atoms with Gasteiger partial charge in [0.1, 0.15) is 12.1 Å². The SMILES string of the molecule is CCN(Cc1ccccc1)C(=O)CN1C(=O)N[C@]2(CCCc3ccccc32)C1=O. The molecule has 150 valence electrons. The summed E-state index contributed by atoms with van der Waals surface area (Å²) < 4.78 is 0. The van der Waals surface area contributed by atoms with Crippen LogP contribution in [-0.4, -0.2) is 40.7 Å². The van der Waals surface area contributed by atoms with Gasteiger partial charge < -0.3 is 10.2 Å². The van der Waals surface area contributed by atoms with Crippen LogP contribution in [0.3, 0.4) is 0 Å². The van der Waals surface area contributed by atoms with Gasteiger partial charge in [0, 0.05) is 13.1 Å². The van der Waals surface area contributed by atoms with E-state index in [4.69, 9.17) is 0 Å². The zero-order valence-electron chi connectivity index (χ0n) is 16.6. The van der Waals surface area contributed by atoms with Crippen molar-refractivity contribution < 1.29 is 14.4 Å². The smallest absolute Gasteiger partial charge is 0.325 e. The molecule has 4 amide bonds. The van der Waals surface area contributed by atoms with E-state index in [1.165, 1.54) is 0 Å². The van der Waals surface area contributed by atoms with Crippen molar-refractivity contribution in [1.82, 2.24) is 15.1 Å². The predicted molar refractivity (Wildman–Crippen MR) is 109 cm³/mol. The molecule has 29 heavy (non-hydrogen) atoms. The van der Waals surface area contributed by atoms with Gasteiger partial charge in [0.05, 0.1) is 0 Å². The summed E-state index contributed by atoms with van der Waals surface area (Å²) in [6.45, 7) is 2.61. The topological polar surface area (TPSA) is 69.7 Å². The minimum absolute atomic E-state index is 0.235. The number of aryl methyl sites for hydroxylation is 1. The summed E-state index contributed by atoms with van der Waals surface area (Å²) >= 11 is 0. The molecular weight excluding hydrogens is 366 g/mol. The number of nitrogens with one attached hydrogen (secondary N) is 1. The second kappa shape index (κ2) is 7.70. The monoisotopic (exact) mass is 391 g/mol. The van der Waals surface area contributed by atoms with E-state index >= 15 is 0 Å². The van der Waals surface area contributed by atoms with E-state index in [0.717, 1.165) is 34.4 Å². The number of likely N-dealkylation sites (N-methyl/N-ethyl adjacent to an activating group) is 1. The standard InChI is InChI=1S/C23H25N3O3/c1-2-25(15-17-9-4-3-5-10-17)20(27)16-26-21(28)23(24-22(26)29)14-8-12-18-11-6-7-13-19(18)23/h3-7,9-11,13H,2,8,12,14-16H2,1H3,(H,24,29)/t23-/m0/s1. The first-order chi connectivity index (χ1) is 14.0. The summed E-state index contributed by atoms with van der Waals surface area (Å²) in [5, 5.41) is 2.90. The molecule has 1 aliphatic carbocycles. The maximum absolute atomic E-state index is 13.3. The molecular formula is C23H25N3O3. The van der Waals surface area contributed by atoms with Crippen molar-refractivity contribution in [3.63, 3.8) is 0 Å². The molecule has 0 saturated carbocycles. The lowest BCUT2D eigenvalue weighted by Gasteiger charge is -2.33. The Labute approximate surface area is 170 Å². The van der Waals surface area contributed by atoms with Crippen molar-refractivity contribution in [3.05, 3.63) is 71.3 Å². The third-order valence-corrected chi connectivity index (χ3v) is 5.89. The van der Waals surface area contributed by atoms with E-state index in [2.05, 4.69) is 5.32 Å². The normalized spacial score (nSPS) is 20.5. The van der Waals surface area contributed by atoms with E-state index in [-0.39, 0.29) is 18.4 Å². The summed E-state index contributed by atoms with van der Waals surface area (Å²) in [6, 6.07) is 16.9. The molecule has 6 nitrogen and oxygen atoms in total. The van der Waals surface area contributed by atoms with Gasteiger partial charge in [-0.1, -0.05) is 54.6 Å². The highest BCUT2D eigenvalue weighted by Crippen LogP contribution is 2.39. The van der Waals surface area contributed by atoms with Crippen molar-refractivity contribution in [2.75, 3.05) is 13.1 Å². The summed E-state index contributed by atoms with van der Waals surface area (Å²) in [5.74, 6) is -0.556. The molecule has 2 aliphatic rings. The molecule has 1 spiro atoms. The lowest BCUT2D eigenvalue weighted by atomic mass is 9.76. The number of amides is 4. The molecule has 4 rings (SSSR count). The van der Waals surface area contributed by atoms with Crippen LogP contribution < -0.4 is 5.32 Å². The van der Waals surface area contributed by atoms with E-state index in [0.29, 0.717) is 19.5 Å². The van der Waals surface area contributed by atoms with Gasteiger partial charge in [-0.3, -0.25) is 14.5 Å². The van der Waals surface area contributed by atoms with Crippen LogP contribution in [0.2, 0.25) is 0 Å². The number of carbonyl (C=O) groups is 3. The lowest BCUT2D eigenvalue weighted by Crippen LogP contribution is -2.47. The third-order valence-electron chi connectivity index (χ3n) is 5.89. The van der Waals surface area contributed by atoms with Crippen LogP contribution in [0.25, 0.3) is 0 Å². The Kier molecular flexibility index (Phi) is 5.09. The number of hydrogen-bond acceptors (Lipinski definition) is 3. The van der Waals surface area contributed by atoms with Crippen LogP contribution >= 0.6 is 0 Å². The van der Waals surface area contributed by atoms with Crippen LogP contribution in [0.5, 0.6) is 0 Å². The van der Waals surface area contributed by atoms with Crippen LogP contribution in [-0.2, 0) is 28.1 Å². The van der Waals surface area contributed by atoms with Crippen molar-refractivity contribution in [2.24, 2.45) is 0 Å². The molecule has 0 aromatic heterocycles. The quantitative estimate of drug-likeness (QED) is 0.797. The molecule has 0 radical (unpaired) electrons. The molecule has 1 atom stereocenters. The summed E-state index contributed by atoms with van der Waals surface area (Å²) in [4.78, 5) is 41.7. The molecule has 2 aromatic rings. The Bertz CT molecular complexity index is 943. The number of nitrogens with zero attached hydrogens (tertiary/aromatic N) is 2. The van der Waals surface area contributed by atoms with Crippen LogP contribution in [0.4, 0.5) is 4.79 Å². The molecule has 2 aromatic carbocycles. The number of hydrogen-bond donors (Lipinski definition) is 1. The Balaban J connectivity index is 1.53. The van der Waals surface area contributed by atoms with Crippen molar-refractivity contribution in [1.29, 1.82) is 0 Å². The zero-order chi connectivity index (χ0) is 20.4. The van der Waals surface area contributed by atoms with E-state index in [1.807, 2.05) is 61.5 Å². The van der Waals surface area contributed by atoms with Gasteiger partial charge >= 0.3 is 6.03 Å². The highest BCUT2D eigenvalue weighted by Gasteiger charge is 2.54. The fourth-order valence-corrected chi connectivity index (χ4v) is 4.37. The number of urea groups is 1. The Morgan fingerprint density at radius 3 is 2.59 bits per heavy atom. The Hall–Kier alpha value is -3.15. The number of carbonyl (C=O) groups excluding carboxylic acids is 3. The fourth-order valence-electron chi connectivity index (χ4n) is 4.37. The van der Waals surface area contributed by atoms with E-state index in [9.17, 15) is 14.4 Å². The van der Waals surface area contributed by atoms with Gasteiger partial charge in [-0.05, 0) is 42.9 Å². The molecule has 1 heterocycles. The van der Waals surface area contributed by atoms with Crippen LogP contribution in [0, 0.1) is 0 Å². The average molecular weight is 391 g/mol. The van der Waals surface area contributed by atoms with Crippen molar-refractivity contribution >= 4 is 17.8 Å². The lowest BCUT2D eigenvalue weighted by molar-refractivity contribution is -0.139. The van der Waals surface area contributed by atoms with Crippen molar-refractivity contribution in [3.8, 4) is 0 Å². The van der Waals surface area contributed by atoms with Gasteiger partial charge in [0.2, 0.25) is 5.91 Å². The minimum Gasteiger partial charge on any atom is -0.337 e. The maximum atomic E-state index is 13.3. The van der Waals surface area contributed by atoms with Gasteiger partial charge in [-0.15, -0.1) is 0 Å². The van der Waals surface area contributed by atoms with E-state index < -0.39 is 11.6 Å². The predicted octanol–water partition coefficient (Wildman–Crippen LogP) is 2.82. The Morgan fingerprint density at radius 1 is 1.10 bits per heavy atom. The first kappa shape index (κ1) is 19.2. The molecule has 1 N–H and O–H groups in total. The van der Waals surface area contributed by atoms with Gasteiger partial charge in [-0.2, -0.15) is 0 Å². The molecule has 1 aliphatic heterocycles. The van der Waals surface area contributed by atoms with Crippen LogP contribution in [0.15, 0.2) is 54.6 Å². The van der Waals surface area contributed by atoms with Gasteiger partial charge in [0.25, 0.3) is 5.91 Å². The zero-order valence-corrected chi connectivity index (χ0v) is 16.6. The first-order valence-corrected chi connectivity index (χ1v) is 10.1. The molecule has 1 fully saturated rings. The third kappa shape index (κ3) is 3.39. The molecule has 6 heteroatoms. The van der Waals surface area contributed by atoms with Crippen molar-refractivity contribution in [2.45, 2.75) is 38.3 Å². The highest BCUT2D eigenvalue weighted by atomic mass is 16.2. The largest absolute Gasteiger partial charge is 0.337 e. The summed E-state index contributed by atoms with van der Waals surface area (Å²) in [6.07, 6.45) is 2.27. The van der Waals surface area contributed by atoms with E-state index in [1.54, 1.807) is 4.90 Å². The molecule has 0 unspecified atom stereocenters. The Morgan fingerprint density at radius 2 is 1.83 bits per heavy atom.